The van der Waals surface area contributed by atoms with Crippen molar-refractivity contribution in [1.82, 2.24) is 10.3 Å². The zero-order chi connectivity index (χ0) is 28.6. The van der Waals surface area contributed by atoms with Gasteiger partial charge < -0.3 is 5.11 Å². The number of hydrogen-bond donors (Lipinski definition) is 2. The van der Waals surface area contributed by atoms with Gasteiger partial charge in [0.1, 0.15) is 6.23 Å². The molecule has 0 fully saturated rings. The Kier molecular flexibility index (Phi) is 10.6. The molecule has 0 radical (unpaired) electrons. The minimum Gasteiger partial charge on any atom is -0.374 e. The molecule has 2 N–H and O–H groups in total. The van der Waals surface area contributed by atoms with Gasteiger partial charge in [-0.05, 0) is 60.7 Å². The first-order valence-corrected chi connectivity index (χ1v) is 13.2. The van der Waals surface area contributed by atoms with Crippen LogP contribution in [0.25, 0.3) is 22.5 Å². The molecule has 1 unspecified atom stereocenters. The fraction of sp³-hybridized carbons (Fsp3) is 0.433. The predicted octanol–water partition coefficient (Wildman–Crippen LogP) is 9.03. The zero-order valence-electron chi connectivity index (χ0n) is 22.0. The van der Waals surface area contributed by atoms with E-state index in [1.54, 1.807) is 12.1 Å². The number of benzene rings is 2. The van der Waals surface area contributed by atoms with Gasteiger partial charge in [0, 0.05) is 17.7 Å². The van der Waals surface area contributed by atoms with E-state index in [9.17, 15) is 31.4 Å². The van der Waals surface area contributed by atoms with Crippen molar-refractivity contribution >= 4 is 0 Å². The van der Waals surface area contributed by atoms with E-state index in [0.717, 1.165) is 62.8 Å². The molecule has 1 aromatic heterocycles. The first-order valence-electron chi connectivity index (χ1n) is 13.2. The van der Waals surface area contributed by atoms with E-state index in [1.165, 1.54) is 24.3 Å². The molecular weight excluding hydrogens is 518 g/mol. The fourth-order valence-electron chi connectivity index (χ4n) is 4.40. The molecule has 3 rings (SSSR count). The molecule has 2 aromatic carbocycles. The van der Waals surface area contributed by atoms with Crippen LogP contribution in [0.3, 0.4) is 0 Å². The minimum absolute atomic E-state index is 0.297. The summed E-state index contributed by atoms with van der Waals surface area (Å²) >= 11 is 0. The highest BCUT2D eigenvalue weighted by Crippen LogP contribution is 2.34. The van der Waals surface area contributed by atoms with E-state index < -0.39 is 29.7 Å². The lowest BCUT2D eigenvalue weighted by Gasteiger charge is -2.21. The highest BCUT2D eigenvalue weighted by molar-refractivity contribution is 5.68. The van der Waals surface area contributed by atoms with Crippen molar-refractivity contribution in [3.05, 3.63) is 77.4 Å². The summed E-state index contributed by atoms with van der Waals surface area (Å²) in [6.45, 7) is 4.83. The maximum Gasteiger partial charge on any atom is 0.416 e. The maximum atomic E-state index is 13.1. The molecule has 0 amide bonds. The van der Waals surface area contributed by atoms with Gasteiger partial charge in [-0.15, -0.1) is 0 Å². The standard InChI is InChI=1S/C30H34F6N2O/c1-3-5-7-20(8-6-4-2)19-37-28(39)23-17-26(21-9-13-24(14-10-21)29(31,32)33)38-27(18-23)22-11-15-25(16-12-22)30(34,35)36/h9-18,20,28,37,39H,3-8,19H2,1-2H3. The van der Waals surface area contributed by atoms with Gasteiger partial charge in [0.25, 0.3) is 0 Å². The molecule has 9 heteroatoms. The molecule has 0 aliphatic rings. The van der Waals surface area contributed by atoms with Crippen molar-refractivity contribution in [2.45, 2.75) is 71.0 Å². The molecule has 1 atom stereocenters. The summed E-state index contributed by atoms with van der Waals surface area (Å²) < 4.78 is 78.4. The number of unbranched alkanes of at least 4 members (excludes halogenated alkanes) is 2. The second kappa shape index (κ2) is 13.4. The van der Waals surface area contributed by atoms with Crippen molar-refractivity contribution in [1.29, 1.82) is 0 Å². The Balaban J connectivity index is 1.95. The summed E-state index contributed by atoms with van der Waals surface area (Å²) in [5, 5.41) is 14.2. The molecule has 0 spiro atoms. The average Bonchev–Trinajstić information content (AvgIpc) is 2.91. The molecule has 3 nitrogen and oxygen atoms in total. The highest BCUT2D eigenvalue weighted by atomic mass is 19.4. The van der Waals surface area contributed by atoms with Gasteiger partial charge in [0.2, 0.25) is 0 Å². The molecule has 1 heterocycles. The summed E-state index contributed by atoms with van der Waals surface area (Å²) in [7, 11) is 0. The topological polar surface area (TPSA) is 45.1 Å². The van der Waals surface area contributed by atoms with Gasteiger partial charge in [-0.25, -0.2) is 4.98 Å². The SMILES string of the molecule is CCCCC(CCCC)CNC(O)c1cc(-c2ccc(C(F)(F)F)cc2)nc(-c2ccc(C(F)(F)F)cc2)c1. The van der Waals surface area contributed by atoms with Crippen molar-refractivity contribution < 1.29 is 31.4 Å². The number of aromatic nitrogens is 1. The number of aliphatic hydroxyl groups is 1. The van der Waals surface area contributed by atoms with E-state index >= 15 is 0 Å². The van der Waals surface area contributed by atoms with Gasteiger partial charge >= 0.3 is 12.4 Å². The van der Waals surface area contributed by atoms with Crippen LogP contribution in [0.4, 0.5) is 26.3 Å². The molecule has 212 valence electrons. The van der Waals surface area contributed by atoms with Crippen LogP contribution in [0.2, 0.25) is 0 Å². The second-order valence-electron chi connectivity index (χ2n) is 9.78. The monoisotopic (exact) mass is 552 g/mol. The maximum absolute atomic E-state index is 13.1. The molecule has 0 aliphatic heterocycles. The largest absolute Gasteiger partial charge is 0.416 e. The predicted molar refractivity (Wildman–Crippen MR) is 141 cm³/mol. The van der Waals surface area contributed by atoms with E-state index in [1.807, 2.05) is 0 Å². The molecule has 0 aliphatic carbocycles. The van der Waals surface area contributed by atoms with Crippen LogP contribution in [-0.4, -0.2) is 16.6 Å². The van der Waals surface area contributed by atoms with Gasteiger partial charge in [-0.1, -0.05) is 63.8 Å². The summed E-state index contributed by atoms with van der Waals surface area (Å²) in [6.07, 6.45) is -3.72. The third-order valence-corrected chi connectivity index (χ3v) is 6.71. The number of nitrogens with zero attached hydrogens (tertiary/aromatic N) is 1. The Labute approximate surface area is 225 Å². The van der Waals surface area contributed by atoms with Crippen molar-refractivity contribution in [3.63, 3.8) is 0 Å². The van der Waals surface area contributed by atoms with Gasteiger partial charge in [0.15, 0.2) is 0 Å². The number of alkyl halides is 6. The summed E-state index contributed by atoms with van der Waals surface area (Å²) in [5.41, 5.74) is 0.160. The zero-order valence-corrected chi connectivity index (χ0v) is 22.0. The van der Waals surface area contributed by atoms with Gasteiger partial charge in [0.05, 0.1) is 22.5 Å². The summed E-state index contributed by atoms with van der Waals surface area (Å²) in [6, 6.07) is 12.1. The number of pyridine rings is 1. The Bertz CT molecular complexity index is 1090. The number of nitrogens with one attached hydrogen (secondary N) is 1. The van der Waals surface area contributed by atoms with Crippen LogP contribution in [0, 0.1) is 5.92 Å². The Morgan fingerprint density at radius 2 is 1.13 bits per heavy atom. The van der Waals surface area contributed by atoms with Gasteiger partial charge in [-0.2, -0.15) is 26.3 Å². The number of halogens is 6. The quantitative estimate of drug-likeness (QED) is 0.174. The van der Waals surface area contributed by atoms with Gasteiger partial charge in [-0.3, -0.25) is 5.32 Å². The first kappa shape index (κ1) is 30.6. The molecule has 0 saturated heterocycles. The lowest BCUT2D eigenvalue weighted by Crippen LogP contribution is -2.27. The molecule has 0 saturated carbocycles. The normalized spacial score (nSPS) is 13.2. The lowest BCUT2D eigenvalue weighted by atomic mass is 9.95. The van der Waals surface area contributed by atoms with Crippen molar-refractivity contribution in [3.8, 4) is 22.5 Å². The molecular formula is C30H34F6N2O. The third-order valence-electron chi connectivity index (χ3n) is 6.71. The van der Waals surface area contributed by atoms with Crippen LogP contribution in [-0.2, 0) is 12.4 Å². The Hall–Kier alpha value is -2.91. The number of aliphatic hydroxyl groups excluding tert-OH is 1. The molecule has 3 aromatic rings. The minimum atomic E-state index is -4.49. The highest BCUT2D eigenvalue weighted by Gasteiger charge is 2.31. The summed E-state index contributed by atoms with van der Waals surface area (Å²) in [5.74, 6) is 0.380. The lowest BCUT2D eigenvalue weighted by molar-refractivity contribution is -0.138. The van der Waals surface area contributed by atoms with Crippen LogP contribution in [0.5, 0.6) is 0 Å². The van der Waals surface area contributed by atoms with Crippen molar-refractivity contribution in [2.75, 3.05) is 6.54 Å². The smallest absolute Gasteiger partial charge is 0.374 e. The fourth-order valence-corrected chi connectivity index (χ4v) is 4.40. The van der Waals surface area contributed by atoms with E-state index in [2.05, 4.69) is 24.1 Å². The molecule has 0 bridgehead atoms. The van der Waals surface area contributed by atoms with Crippen LogP contribution in [0.1, 0.15) is 75.3 Å². The van der Waals surface area contributed by atoms with Crippen LogP contribution in [0.15, 0.2) is 60.7 Å². The molecule has 39 heavy (non-hydrogen) atoms. The number of hydrogen-bond acceptors (Lipinski definition) is 3. The number of rotatable bonds is 12. The van der Waals surface area contributed by atoms with Crippen molar-refractivity contribution in [2.24, 2.45) is 5.92 Å². The van der Waals surface area contributed by atoms with E-state index in [4.69, 9.17) is 0 Å². The average molecular weight is 553 g/mol. The van der Waals surface area contributed by atoms with E-state index in [-0.39, 0.29) is 0 Å². The Morgan fingerprint density at radius 3 is 1.49 bits per heavy atom. The van der Waals surface area contributed by atoms with E-state index in [0.29, 0.717) is 40.5 Å². The summed E-state index contributed by atoms with van der Waals surface area (Å²) in [4.78, 5) is 4.51. The van der Waals surface area contributed by atoms with Crippen LogP contribution >= 0.6 is 0 Å². The Morgan fingerprint density at radius 1 is 0.718 bits per heavy atom. The van der Waals surface area contributed by atoms with Crippen LogP contribution < -0.4 is 5.32 Å². The second-order valence-corrected chi connectivity index (χ2v) is 9.78. The first-order chi connectivity index (χ1) is 18.4. The third kappa shape index (κ3) is 8.80.